The van der Waals surface area contributed by atoms with Gasteiger partial charge in [-0.2, -0.15) is 0 Å². The second-order valence-corrected chi connectivity index (χ2v) is 6.83. The van der Waals surface area contributed by atoms with Gasteiger partial charge in [-0.15, -0.1) is 22.7 Å². The minimum absolute atomic E-state index is 1.01. The average molecular weight is 277 g/mol. The fourth-order valence-electron chi connectivity index (χ4n) is 2.56. The third-order valence-electron chi connectivity index (χ3n) is 3.35. The molecular weight excluding hydrogens is 260 g/mol. The molecule has 0 fully saturated rings. The van der Waals surface area contributed by atoms with Crippen molar-refractivity contribution < 1.29 is 4.42 Å². The first kappa shape index (κ1) is 12.1. The van der Waals surface area contributed by atoms with Crippen molar-refractivity contribution in [2.24, 2.45) is 0 Å². The number of rotatable bonds is 2. The quantitative estimate of drug-likeness (QED) is 0.544. The third kappa shape index (κ3) is 1.61. The molecule has 3 aromatic heterocycles. The Kier molecular flexibility index (Phi) is 2.91. The first-order valence-corrected chi connectivity index (χ1v) is 8.06. The van der Waals surface area contributed by atoms with Crippen LogP contribution in [0.3, 0.4) is 0 Å². The Labute approximate surface area is 115 Å². The zero-order chi connectivity index (χ0) is 12.9. The minimum Gasteiger partial charge on any atom is -0.217 e. The summed E-state index contributed by atoms with van der Waals surface area (Å²) in [6.07, 6.45) is 2.25. The fraction of sp³-hybridized carbons (Fsp3) is 0.400. The molecule has 0 bridgehead atoms. The standard InChI is InChI=1S/C15H17OS2/c1-5-11-13-10-7-8(3)16-9(4)14(10)18-15(13)12(6-2)17-11/h7H,5-6H2,1-4H3/q+1. The molecule has 0 N–H and O–H groups in total. The zero-order valence-electron chi connectivity index (χ0n) is 11.2. The predicted octanol–water partition coefficient (Wildman–Crippen LogP) is 5.73. The van der Waals surface area contributed by atoms with Gasteiger partial charge >= 0.3 is 11.5 Å². The van der Waals surface area contributed by atoms with E-state index in [1.54, 1.807) is 0 Å². The Bertz CT molecular complexity index is 734. The molecule has 0 radical (unpaired) electrons. The minimum atomic E-state index is 1.01. The summed E-state index contributed by atoms with van der Waals surface area (Å²) in [5.41, 5.74) is 0. The van der Waals surface area contributed by atoms with E-state index >= 15 is 0 Å². The van der Waals surface area contributed by atoms with Crippen LogP contribution in [-0.2, 0) is 12.8 Å². The Morgan fingerprint density at radius 3 is 2.39 bits per heavy atom. The largest absolute Gasteiger partial charge is 0.344 e. The van der Waals surface area contributed by atoms with Crippen LogP contribution in [0.25, 0.3) is 20.2 Å². The number of thiophene rings is 2. The molecule has 0 aromatic carbocycles. The molecular formula is C15H17OS2+. The summed E-state index contributed by atoms with van der Waals surface area (Å²) in [4.78, 5) is 3.05. The van der Waals surface area contributed by atoms with Crippen LogP contribution in [0, 0.1) is 13.8 Å². The molecule has 0 amide bonds. The van der Waals surface area contributed by atoms with Crippen LogP contribution in [-0.4, -0.2) is 0 Å². The maximum Gasteiger partial charge on any atom is 0.344 e. The van der Waals surface area contributed by atoms with Gasteiger partial charge < -0.3 is 0 Å². The summed E-state index contributed by atoms with van der Waals surface area (Å²) in [6, 6.07) is 2.20. The molecule has 3 aromatic rings. The molecule has 0 aliphatic rings. The van der Waals surface area contributed by atoms with E-state index in [1.165, 1.54) is 29.9 Å². The van der Waals surface area contributed by atoms with Crippen LogP contribution in [0.1, 0.15) is 35.1 Å². The predicted molar refractivity (Wildman–Crippen MR) is 82.1 cm³/mol. The SMILES string of the molecule is CCc1sc(CC)c2c1sc1c(C)[o+]c(C)cc12. The summed E-state index contributed by atoms with van der Waals surface area (Å²) < 4.78 is 8.56. The van der Waals surface area contributed by atoms with Crippen molar-refractivity contribution in [1.29, 1.82) is 0 Å². The zero-order valence-corrected chi connectivity index (χ0v) is 12.8. The van der Waals surface area contributed by atoms with E-state index in [-0.39, 0.29) is 0 Å². The van der Waals surface area contributed by atoms with E-state index in [9.17, 15) is 0 Å². The van der Waals surface area contributed by atoms with Gasteiger partial charge in [0.1, 0.15) is 4.70 Å². The molecule has 3 heteroatoms. The van der Waals surface area contributed by atoms with Crippen LogP contribution in [0.15, 0.2) is 10.5 Å². The monoisotopic (exact) mass is 277 g/mol. The maximum atomic E-state index is 5.75. The average Bonchev–Trinajstić information content (AvgIpc) is 2.86. The Morgan fingerprint density at radius 2 is 1.72 bits per heavy atom. The van der Waals surface area contributed by atoms with E-state index in [4.69, 9.17) is 4.42 Å². The van der Waals surface area contributed by atoms with Crippen molar-refractivity contribution >= 4 is 42.8 Å². The van der Waals surface area contributed by atoms with E-state index in [2.05, 4.69) is 26.8 Å². The molecule has 0 saturated heterocycles. The molecule has 18 heavy (non-hydrogen) atoms. The van der Waals surface area contributed by atoms with Gasteiger partial charge in [0.05, 0.1) is 18.5 Å². The summed E-state index contributed by atoms with van der Waals surface area (Å²) in [5.74, 6) is 2.06. The van der Waals surface area contributed by atoms with E-state index in [1.807, 2.05) is 29.6 Å². The van der Waals surface area contributed by atoms with Crippen molar-refractivity contribution in [3.8, 4) is 0 Å². The van der Waals surface area contributed by atoms with E-state index in [0.717, 1.165) is 24.4 Å². The lowest BCUT2D eigenvalue weighted by atomic mass is 10.1. The van der Waals surface area contributed by atoms with Gasteiger partial charge in [0.25, 0.3) is 0 Å². The van der Waals surface area contributed by atoms with Gasteiger partial charge in [-0.05, 0) is 12.8 Å². The Morgan fingerprint density at radius 1 is 1.00 bits per heavy atom. The highest BCUT2D eigenvalue weighted by Gasteiger charge is 2.21. The summed E-state index contributed by atoms with van der Waals surface area (Å²) in [6.45, 7) is 8.61. The normalized spacial score (nSPS) is 11.8. The fourth-order valence-corrected chi connectivity index (χ4v) is 5.23. The second kappa shape index (κ2) is 4.32. The second-order valence-electron chi connectivity index (χ2n) is 4.62. The molecule has 0 aliphatic carbocycles. The lowest BCUT2D eigenvalue weighted by Crippen LogP contribution is -1.78. The molecule has 3 heterocycles. The van der Waals surface area contributed by atoms with Crippen LogP contribution in [0.2, 0.25) is 0 Å². The number of fused-ring (bicyclic) bond motifs is 3. The lowest BCUT2D eigenvalue weighted by molar-refractivity contribution is 0.495. The van der Waals surface area contributed by atoms with Gasteiger partial charge in [0.2, 0.25) is 0 Å². The van der Waals surface area contributed by atoms with Gasteiger partial charge in [-0.1, -0.05) is 13.8 Å². The topological polar surface area (TPSA) is 11.3 Å². The van der Waals surface area contributed by atoms with Crippen molar-refractivity contribution in [3.63, 3.8) is 0 Å². The molecule has 0 aliphatic heterocycles. The number of aryl methyl sites for hydroxylation is 4. The van der Waals surface area contributed by atoms with Gasteiger partial charge in [-0.3, -0.25) is 0 Å². The van der Waals surface area contributed by atoms with Crippen LogP contribution < -0.4 is 0 Å². The molecule has 0 atom stereocenters. The van der Waals surface area contributed by atoms with Crippen LogP contribution in [0.5, 0.6) is 0 Å². The van der Waals surface area contributed by atoms with Crippen molar-refractivity contribution in [2.45, 2.75) is 40.5 Å². The van der Waals surface area contributed by atoms with Crippen LogP contribution >= 0.6 is 22.7 Å². The van der Waals surface area contributed by atoms with Gasteiger partial charge in [0.15, 0.2) is 0 Å². The van der Waals surface area contributed by atoms with Gasteiger partial charge in [0, 0.05) is 26.6 Å². The summed E-state index contributed by atoms with van der Waals surface area (Å²) in [5, 5.41) is 2.88. The van der Waals surface area contributed by atoms with Crippen molar-refractivity contribution in [1.82, 2.24) is 0 Å². The first-order chi connectivity index (χ1) is 8.65. The molecule has 0 saturated carbocycles. The molecule has 0 unspecified atom stereocenters. The van der Waals surface area contributed by atoms with Crippen molar-refractivity contribution in [2.75, 3.05) is 0 Å². The first-order valence-electron chi connectivity index (χ1n) is 6.42. The number of hydrogen-bond acceptors (Lipinski definition) is 2. The van der Waals surface area contributed by atoms with Crippen molar-refractivity contribution in [3.05, 3.63) is 27.3 Å². The molecule has 0 spiro atoms. The number of hydrogen-bond donors (Lipinski definition) is 0. The third-order valence-corrected chi connectivity index (χ3v) is 6.32. The molecule has 94 valence electrons. The Hall–Kier alpha value is -0.930. The summed E-state index contributed by atoms with van der Waals surface area (Å²) in [7, 11) is 0. The molecule has 3 rings (SSSR count). The highest BCUT2D eigenvalue weighted by atomic mass is 32.1. The summed E-state index contributed by atoms with van der Waals surface area (Å²) >= 11 is 3.89. The highest BCUT2D eigenvalue weighted by Crippen LogP contribution is 2.44. The highest BCUT2D eigenvalue weighted by molar-refractivity contribution is 7.29. The Balaban J connectivity index is 2.52. The van der Waals surface area contributed by atoms with E-state index < -0.39 is 0 Å². The maximum absolute atomic E-state index is 5.75. The van der Waals surface area contributed by atoms with Crippen LogP contribution in [0.4, 0.5) is 0 Å². The van der Waals surface area contributed by atoms with E-state index in [0.29, 0.717) is 0 Å². The molecule has 1 nitrogen and oxygen atoms in total. The van der Waals surface area contributed by atoms with Gasteiger partial charge in [-0.25, -0.2) is 4.42 Å². The smallest absolute Gasteiger partial charge is 0.217 e. The lowest BCUT2D eigenvalue weighted by Gasteiger charge is -1.92.